The number of aromatic nitrogens is 5. The average Bonchev–Trinajstić information content (AvgIpc) is 3.31. The molecule has 3 saturated carbocycles. The van der Waals surface area contributed by atoms with Crippen molar-refractivity contribution in [2.24, 2.45) is 5.41 Å². The quantitative estimate of drug-likeness (QED) is 0.315. The van der Waals surface area contributed by atoms with Crippen molar-refractivity contribution in [1.29, 1.82) is 0 Å². The lowest BCUT2D eigenvalue weighted by Crippen LogP contribution is -2.40. The van der Waals surface area contributed by atoms with Gasteiger partial charge in [-0.15, -0.1) is 0 Å². The number of hydrogen-bond acceptors (Lipinski definition) is 8. The molecule has 6 rings (SSSR count). The van der Waals surface area contributed by atoms with E-state index in [1.807, 2.05) is 6.07 Å². The lowest BCUT2D eigenvalue weighted by atomic mass is 9.81. The smallest absolute Gasteiger partial charge is 0.259 e. The van der Waals surface area contributed by atoms with E-state index in [1.54, 1.807) is 17.3 Å². The minimum Gasteiger partial charge on any atom is -0.339 e. The molecule has 3 fully saturated rings. The number of hydrogen-bond donors (Lipinski definition) is 0. The van der Waals surface area contributed by atoms with Crippen molar-refractivity contribution in [3.05, 3.63) is 48.2 Å². The number of carbonyl (C=O) groups excluding carboxylic acids is 1. The number of fused-ring (bicyclic) bond motifs is 2. The van der Waals surface area contributed by atoms with Gasteiger partial charge in [-0.25, -0.2) is 0 Å². The molecule has 9 nitrogen and oxygen atoms in total. The number of rotatable bonds is 9. The van der Waals surface area contributed by atoms with Gasteiger partial charge in [0.25, 0.3) is 11.8 Å². The molecule has 0 atom stereocenters. The van der Waals surface area contributed by atoms with E-state index in [2.05, 4.69) is 47.6 Å². The molecule has 0 N–H and O–H groups in total. The second-order valence-electron chi connectivity index (χ2n) is 12.7. The van der Waals surface area contributed by atoms with E-state index in [1.165, 1.54) is 0 Å². The number of carbonyl (C=O) groups is 1. The molecule has 0 spiro atoms. The third-order valence-electron chi connectivity index (χ3n) is 8.63. The molecule has 3 aliphatic carbocycles. The highest BCUT2D eigenvalue weighted by Gasteiger charge is 2.58. The van der Waals surface area contributed by atoms with E-state index < -0.39 is 6.67 Å². The van der Waals surface area contributed by atoms with Gasteiger partial charge in [-0.05, 0) is 56.4 Å². The summed E-state index contributed by atoms with van der Waals surface area (Å²) in [7, 11) is 0. The zero-order valence-corrected chi connectivity index (χ0v) is 22.9. The maximum atomic E-state index is 13.6. The van der Waals surface area contributed by atoms with E-state index in [0.717, 1.165) is 50.8 Å². The SMILES string of the molecule is C=C(CCF)C(=O)N(CC12CCC(c3noc(C(C)(C)C)n3)(CC1)C2)c1cncc(-c2nc(C3CC3)no2)c1. The van der Waals surface area contributed by atoms with E-state index in [0.29, 0.717) is 41.3 Å². The third kappa shape index (κ3) is 4.78. The first kappa shape index (κ1) is 25.8. The zero-order valence-electron chi connectivity index (χ0n) is 22.9. The molecule has 0 radical (unpaired) electrons. The molecule has 0 aliphatic heterocycles. The Bertz CT molecular complexity index is 1390. The van der Waals surface area contributed by atoms with Crippen LogP contribution in [0.1, 0.15) is 95.6 Å². The lowest BCUT2D eigenvalue weighted by Gasteiger charge is -2.34. The van der Waals surface area contributed by atoms with Gasteiger partial charge in [-0.2, -0.15) is 9.97 Å². The Morgan fingerprint density at radius 2 is 1.90 bits per heavy atom. The van der Waals surface area contributed by atoms with Crippen molar-refractivity contribution < 1.29 is 18.2 Å². The van der Waals surface area contributed by atoms with Gasteiger partial charge in [-0.1, -0.05) is 37.7 Å². The van der Waals surface area contributed by atoms with Crippen LogP contribution in [0.2, 0.25) is 0 Å². The predicted molar refractivity (Wildman–Crippen MR) is 142 cm³/mol. The summed E-state index contributed by atoms with van der Waals surface area (Å²) < 4.78 is 24.4. The van der Waals surface area contributed by atoms with Gasteiger partial charge in [0, 0.05) is 41.5 Å². The Balaban J connectivity index is 1.28. The standard InChI is InChI=1S/C29H35FN6O3/c1-18(7-12-30)24(37)36(21-13-20(14-31-15-21)23-32-22(34-38-23)19-5-6-19)17-28-8-10-29(16-28,11-9-28)25-33-26(39-35-25)27(2,3)4/h13-15,19H,1,5-12,16-17H2,2-4H3. The van der Waals surface area contributed by atoms with Gasteiger partial charge in [0.15, 0.2) is 11.6 Å². The Morgan fingerprint density at radius 1 is 1.13 bits per heavy atom. The largest absolute Gasteiger partial charge is 0.339 e. The molecule has 206 valence electrons. The maximum absolute atomic E-state index is 13.6. The van der Waals surface area contributed by atoms with E-state index in [4.69, 9.17) is 14.0 Å². The first-order chi connectivity index (χ1) is 18.6. The molecular weight excluding hydrogens is 499 g/mol. The van der Waals surface area contributed by atoms with Crippen molar-refractivity contribution in [2.75, 3.05) is 18.1 Å². The molecule has 3 aromatic rings. The fourth-order valence-corrected chi connectivity index (χ4v) is 6.17. The molecule has 0 aromatic carbocycles. The monoisotopic (exact) mass is 534 g/mol. The van der Waals surface area contributed by atoms with Crippen LogP contribution >= 0.6 is 0 Å². The summed E-state index contributed by atoms with van der Waals surface area (Å²) in [6.07, 6.45) is 10.1. The van der Waals surface area contributed by atoms with Crippen LogP contribution in [0.3, 0.4) is 0 Å². The molecule has 39 heavy (non-hydrogen) atoms. The van der Waals surface area contributed by atoms with Crippen LogP contribution in [0.5, 0.6) is 0 Å². The lowest BCUT2D eigenvalue weighted by molar-refractivity contribution is -0.115. The van der Waals surface area contributed by atoms with Gasteiger partial charge in [0.1, 0.15) is 0 Å². The molecule has 3 aliphatic rings. The molecule has 3 heterocycles. The normalized spacial score (nSPS) is 24.3. The van der Waals surface area contributed by atoms with E-state index in [9.17, 15) is 9.18 Å². The minimum absolute atomic E-state index is 0.00770. The Kier molecular flexibility index (Phi) is 6.19. The molecule has 1 amide bonds. The van der Waals surface area contributed by atoms with Crippen molar-refractivity contribution in [3.8, 4) is 11.5 Å². The predicted octanol–water partition coefficient (Wildman–Crippen LogP) is 5.84. The van der Waals surface area contributed by atoms with Gasteiger partial charge < -0.3 is 13.9 Å². The number of pyridine rings is 1. The van der Waals surface area contributed by atoms with Gasteiger partial charge in [0.2, 0.25) is 5.89 Å². The summed E-state index contributed by atoms with van der Waals surface area (Å²) in [6.45, 7) is 9.93. The van der Waals surface area contributed by atoms with Crippen molar-refractivity contribution in [1.82, 2.24) is 25.3 Å². The van der Waals surface area contributed by atoms with Crippen LogP contribution in [0.15, 0.2) is 39.7 Å². The summed E-state index contributed by atoms with van der Waals surface area (Å²) in [5.41, 5.74) is 1.01. The van der Waals surface area contributed by atoms with E-state index in [-0.39, 0.29) is 34.1 Å². The number of amides is 1. The second-order valence-corrected chi connectivity index (χ2v) is 12.7. The van der Waals surface area contributed by atoms with Crippen LogP contribution in [0, 0.1) is 5.41 Å². The first-order valence-corrected chi connectivity index (χ1v) is 13.8. The molecular formula is C29H35FN6O3. The third-order valence-corrected chi connectivity index (χ3v) is 8.63. The average molecular weight is 535 g/mol. The first-order valence-electron chi connectivity index (χ1n) is 13.8. The highest BCUT2D eigenvalue weighted by atomic mass is 19.1. The van der Waals surface area contributed by atoms with E-state index >= 15 is 0 Å². The van der Waals surface area contributed by atoms with Crippen LogP contribution in [0.4, 0.5) is 10.1 Å². The van der Waals surface area contributed by atoms with Gasteiger partial charge >= 0.3 is 0 Å². The van der Waals surface area contributed by atoms with Crippen molar-refractivity contribution in [3.63, 3.8) is 0 Å². The summed E-state index contributed by atoms with van der Waals surface area (Å²) in [5, 5.41) is 8.51. The molecule has 2 bridgehead atoms. The molecule has 0 unspecified atom stereocenters. The Hall–Kier alpha value is -3.43. The fourth-order valence-electron chi connectivity index (χ4n) is 6.17. The van der Waals surface area contributed by atoms with Crippen molar-refractivity contribution in [2.45, 2.75) is 88.9 Å². The second kappa shape index (κ2) is 9.34. The van der Waals surface area contributed by atoms with Crippen molar-refractivity contribution >= 4 is 11.6 Å². The van der Waals surface area contributed by atoms with Gasteiger partial charge in [0.05, 0.1) is 24.1 Å². The fraction of sp³-hybridized carbons (Fsp3) is 0.586. The Morgan fingerprint density at radius 3 is 2.56 bits per heavy atom. The summed E-state index contributed by atoms with van der Waals surface area (Å²) >= 11 is 0. The topological polar surface area (TPSA) is 111 Å². The maximum Gasteiger partial charge on any atom is 0.259 e. The molecule has 10 heteroatoms. The number of halogens is 1. The summed E-state index contributed by atoms with van der Waals surface area (Å²) in [6, 6.07) is 1.85. The summed E-state index contributed by atoms with van der Waals surface area (Å²) in [5.74, 6) is 2.59. The van der Waals surface area contributed by atoms with Gasteiger partial charge in [-0.3, -0.25) is 14.2 Å². The highest BCUT2D eigenvalue weighted by Crippen LogP contribution is 2.62. The van der Waals surface area contributed by atoms with Crippen LogP contribution in [-0.2, 0) is 15.6 Å². The number of anilines is 1. The minimum atomic E-state index is -0.634. The zero-order chi connectivity index (χ0) is 27.4. The molecule has 0 saturated heterocycles. The summed E-state index contributed by atoms with van der Waals surface area (Å²) in [4.78, 5) is 29.1. The van der Waals surface area contributed by atoms with Crippen LogP contribution in [0.25, 0.3) is 11.5 Å². The number of nitrogens with zero attached hydrogens (tertiary/aromatic N) is 6. The molecule has 3 aromatic heterocycles. The highest BCUT2D eigenvalue weighted by molar-refractivity contribution is 6.05. The number of alkyl halides is 1. The Labute approximate surface area is 227 Å². The van der Waals surface area contributed by atoms with Crippen LogP contribution in [-0.4, -0.2) is 44.4 Å². The van der Waals surface area contributed by atoms with Crippen LogP contribution < -0.4 is 4.90 Å².